The second-order valence-electron chi connectivity index (χ2n) is 7.34. The number of aryl methyl sites for hydroxylation is 1. The van der Waals surface area contributed by atoms with Crippen LogP contribution in [0.15, 0.2) is 72.8 Å². The summed E-state index contributed by atoms with van der Waals surface area (Å²) in [6.07, 6.45) is 0.0504. The predicted molar refractivity (Wildman–Crippen MR) is 138 cm³/mol. The Labute approximate surface area is 205 Å². The molecule has 0 radical (unpaired) electrons. The summed E-state index contributed by atoms with van der Waals surface area (Å²) in [6, 6.07) is 20.9. The average Bonchev–Trinajstić information content (AvgIpc) is 2.83. The molecule has 3 rings (SSSR count). The van der Waals surface area contributed by atoms with Crippen LogP contribution in [0.1, 0.15) is 31.4 Å². The third-order valence-corrected chi connectivity index (χ3v) is 4.67. The number of benzene rings is 3. The number of hydrogen-bond acceptors (Lipinski definition) is 4. The van der Waals surface area contributed by atoms with Gasteiger partial charge in [-0.2, -0.15) is 0 Å². The van der Waals surface area contributed by atoms with Crippen molar-refractivity contribution < 1.29 is 24.2 Å². The fourth-order valence-electron chi connectivity index (χ4n) is 3.01. The minimum absolute atomic E-state index is 0.0517. The number of para-hydroxylation sites is 1. The number of ether oxygens (including phenoxy) is 1. The molecule has 8 heteroatoms. The lowest BCUT2D eigenvalue weighted by Crippen LogP contribution is -2.20. The van der Waals surface area contributed by atoms with Gasteiger partial charge in [-0.25, -0.2) is 4.79 Å². The maximum absolute atomic E-state index is 12.4. The highest BCUT2D eigenvalue weighted by molar-refractivity contribution is 6.00. The number of carbonyl (C=O) groups excluding carboxylic acids is 2. The highest BCUT2D eigenvalue weighted by atomic mass is 16.5. The van der Waals surface area contributed by atoms with Crippen LogP contribution in [0, 0.1) is 6.92 Å². The predicted octanol–water partition coefficient (Wildman–Crippen LogP) is 5.70. The Morgan fingerprint density at radius 3 is 2.23 bits per heavy atom. The number of rotatable bonds is 9. The molecule has 0 aliphatic heterocycles. The van der Waals surface area contributed by atoms with Crippen LogP contribution < -0.4 is 20.7 Å². The van der Waals surface area contributed by atoms with Crippen molar-refractivity contribution in [3.8, 4) is 5.75 Å². The van der Waals surface area contributed by atoms with Crippen molar-refractivity contribution in [3.63, 3.8) is 0 Å². The van der Waals surface area contributed by atoms with Crippen LogP contribution in [-0.4, -0.2) is 29.6 Å². The minimum atomic E-state index is -0.937. The van der Waals surface area contributed by atoms with E-state index in [1.165, 1.54) is 0 Å². The first-order chi connectivity index (χ1) is 16.9. The van der Waals surface area contributed by atoms with Crippen molar-refractivity contribution in [2.45, 2.75) is 33.6 Å². The third kappa shape index (κ3) is 9.59. The van der Waals surface area contributed by atoms with Crippen molar-refractivity contribution in [1.82, 2.24) is 0 Å². The van der Waals surface area contributed by atoms with E-state index in [-0.39, 0.29) is 31.4 Å². The van der Waals surface area contributed by atoms with Crippen molar-refractivity contribution >= 4 is 35.0 Å². The number of carboxylic acid groups (broad SMARTS) is 1. The van der Waals surface area contributed by atoms with Gasteiger partial charge >= 0.3 is 12.0 Å². The quantitative estimate of drug-likeness (QED) is 0.315. The topological polar surface area (TPSA) is 117 Å². The smallest absolute Gasteiger partial charge is 0.323 e. The molecule has 0 heterocycles. The molecule has 3 aromatic rings. The monoisotopic (exact) mass is 477 g/mol. The highest BCUT2D eigenvalue weighted by Gasteiger charge is 2.08. The van der Waals surface area contributed by atoms with E-state index < -0.39 is 5.97 Å². The van der Waals surface area contributed by atoms with Crippen molar-refractivity contribution in [2.24, 2.45) is 0 Å². The van der Waals surface area contributed by atoms with Crippen LogP contribution in [0.2, 0.25) is 0 Å². The maximum Gasteiger partial charge on any atom is 0.323 e. The average molecular weight is 478 g/mol. The number of carboxylic acids is 1. The number of urea groups is 1. The van der Waals surface area contributed by atoms with E-state index in [1.807, 2.05) is 45.0 Å². The lowest BCUT2D eigenvalue weighted by molar-refractivity contribution is -0.137. The summed E-state index contributed by atoms with van der Waals surface area (Å²) in [5.41, 5.74) is 3.65. The summed E-state index contributed by atoms with van der Waals surface area (Å²) >= 11 is 0. The zero-order chi connectivity index (χ0) is 25.6. The number of amides is 3. The molecular formula is C27H31N3O5. The Kier molecular flexibility index (Phi) is 10.8. The fourth-order valence-corrected chi connectivity index (χ4v) is 3.01. The van der Waals surface area contributed by atoms with Crippen molar-refractivity contribution in [1.29, 1.82) is 0 Å². The van der Waals surface area contributed by atoms with E-state index in [9.17, 15) is 14.4 Å². The summed E-state index contributed by atoms with van der Waals surface area (Å²) in [7, 11) is 0. The lowest BCUT2D eigenvalue weighted by Gasteiger charge is -2.11. The Morgan fingerprint density at radius 1 is 0.829 bits per heavy atom. The molecule has 0 spiro atoms. The molecule has 3 aromatic carbocycles. The van der Waals surface area contributed by atoms with Crippen LogP contribution in [0.25, 0.3) is 0 Å². The molecule has 35 heavy (non-hydrogen) atoms. The minimum Gasteiger partial charge on any atom is -0.493 e. The molecular weight excluding hydrogens is 446 g/mol. The Bertz CT molecular complexity index is 1130. The number of aliphatic carboxylic acids is 1. The highest BCUT2D eigenvalue weighted by Crippen LogP contribution is 2.19. The number of nitrogens with one attached hydrogen (secondary N) is 3. The van der Waals surface area contributed by atoms with Crippen molar-refractivity contribution in [3.05, 3.63) is 83.9 Å². The molecule has 0 fully saturated rings. The summed E-state index contributed by atoms with van der Waals surface area (Å²) < 4.78 is 5.37. The second-order valence-corrected chi connectivity index (χ2v) is 7.34. The van der Waals surface area contributed by atoms with E-state index in [0.717, 1.165) is 16.8 Å². The van der Waals surface area contributed by atoms with Crippen LogP contribution in [0.3, 0.4) is 0 Å². The summed E-state index contributed by atoms with van der Waals surface area (Å²) in [5, 5.41) is 17.0. The van der Waals surface area contributed by atoms with Crippen LogP contribution in [-0.2, 0) is 16.0 Å². The van der Waals surface area contributed by atoms with Gasteiger partial charge in [0.25, 0.3) is 0 Å². The van der Waals surface area contributed by atoms with E-state index in [4.69, 9.17) is 9.84 Å². The van der Waals surface area contributed by atoms with Gasteiger partial charge in [0, 0.05) is 23.1 Å². The second kappa shape index (κ2) is 14.0. The van der Waals surface area contributed by atoms with E-state index in [0.29, 0.717) is 17.1 Å². The van der Waals surface area contributed by atoms with Crippen LogP contribution in [0.5, 0.6) is 5.75 Å². The Balaban J connectivity index is 0.00000210. The van der Waals surface area contributed by atoms with Gasteiger partial charge in [0.15, 0.2) is 0 Å². The third-order valence-electron chi connectivity index (χ3n) is 4.67. The normalized spacial score (nSPS) is 9.80. The van der Waals surface area contributed by atoms with Gasteiger partial charge in [-0.05, 0) is 48.4 Å². The molecule has 0 aliphatic carbocycles. The van der Waals surface area contributed by atoms with Gasteiger partial charge in [0.1, 0.15) is 5.75 Å². The molecule has 0 unspecified atom stereocenters. The number of anilines is 3. The first-order valence-corrected chi connectivity index (χ1v) is 11.4. The number of hydrogen-bond donors (Lipinski definition) is 4. The molecule has 0 saturated carbocycles. The van der Waals surface area contributed by atoms with Crippen LogP contribution in [0.4, 0.5) is 21.9 Å². The molecule has 0 aromatic heterocycles. The van der Waals surface area contributed by atoms with Gasteiger partial charge in [-0.15, -0.1) is 0 Å². The van der Waals surface area contributed by atoms with Crippen molar-refractivity contribution in [2.75, 3.05) is 22.6 Å². The van der Waals surface area contributed by atoms with E-state index in [2.05, 4.69) is 16.0 Å². The molecule has 0 atom stereocenters. The molecule has 8 nitrogen and oxygen atoms in total. The molecule has 3 amide bonds. The Morgan fingerprint density at radius 2 is 1.54 bits per heavy atom. The van der Waals surface area contributed by atoms with Gasteiger partial charge < -0.3 is 25.8 Å². The van der Waals surface area contributed by atoms with Gasteiger partial charge in [0.2, 0.25) is 5.91 Å². The first kappa shape index (κ1) is 26.9. The van der Waals surface area contributed by atoms with E-state index >= 15 is 0 Å². The van der Waals surface area contributed by atoms with Crippen LogP contribution >= 0.6 is 0 Å². The van der Waals surface area contributed by atoms with Gasteiger partial charge in [-0.3, -0.25) is 9.59 Å². The SMILES string of the molecule is CC.Cc1ccccc1NC(=O)Nc1ccc(CC(=O)Nc2cccc(OCCC(=O)O)c2)cc1. The Hall–Kier alpha value is -4.33. The summed E-state index contributed by atoms with van der Waals surface area (Å²) in [5.74, 6) is -0.670. The molecule has 0 saturated heterocycles. The molecule has 0 aliphatic rings. The maximum atomic E-state index is 12.4. The fraction of sp³-hybridized carbons (Fsp3) is 0.222. The largest absolute Gasteiger partial charge is 0.493 e. The molecule has 4 N–H and O–H groups in total. The summed E-state index contributed by atoms with van der Waals surface area (Å²) in [6.45, 7) is 5.97. The molecule has 184 valence electrons. The van der Waals surface area contributed by atoms with Gasteiger partial charge in [0.05, 0.1) is 19.4 Å². The van der Waals surface area contributed by atoms with E-state index in [1.54, 1.807) is 48.5 Å². The van der Waals surface area contributed by atoms with Gasteiger partial charge in [-0.1, -0.05) is 50.2 Å². The standard InChI is InChI=1S/C25H25N3O5.C2H6/c1-17-5-2-3-8-22(17)28-25(32)27-19-11-9-18(10-12-19)15-23(29)26-20-6-4-7-21(16-20)33-14-13-24(30)31;1-2/h2-12,16H,13-15H2,1H3,(H,26,29)(H,30,31)(H2,27,28,32);1-2H3. The number of carbonyl (C=O) groups is 3. The zero-order valence-electron chi connectivity index (χ0n) is 20.1. The lowest BCUT2D eigenvalue weighted by atomic mass is 10.1. The molecule has 0 bridgehead atoms. The first-order valence-electron chi connectivity index (χ1n) is 11.4. The zero-order valence-corrected chi connectivity index (χ0v) is 20.1. The summed E-state index contributed by atoms with van der Waals surface area (Å²) in [4.78, 5) is 35.2.